The van der Waals surface area contributed by atoms with E-state index in [-0.39, 0.29) is 17.4 Å². The highest BCUT2D eigenvalue weighted by atomic mass is 19.3. The zero-order chi connectivity index (χ0) is 14.5. The Hall–Kier alpha value is -1.89. The van der Waals surface area contributed by atoms with Crippen LogP contribution in [0.1, 0.15) is 10.4 Å². The van der Waals surface area contributed by atoms with Crippen molar-refractivity contribution in [1.82, 2.24) is 10.2 Å². The number of methoxy groups -OCH3 is 1. The summed E-state index contributed by atoms with van der Waals surface area (Å²) in [5.41, 5.74) is 0.394. The molecule has 1 fully saturated rings. The van der Waals surface area contributed by atoms with Crippen molar-refractivity contribution < 1.29 is 23.0 Å². The maximum atomic E-state index is 12.3. The number of amides is 1. The Morgan fingerprint density at radius 3 is 2.60 bits per heavy atom. The SMILES string of the molecule is COc1cc(C(=O)N2CCNCC2)ccc1OC(F)F. The van der Waals surface area contributed by atoms with Crippen LogP contribution in [-0.2, 0) is 0 Å². The van der Waals surface area contributed by atoms with Gasteiger partial charge in [-0.05, 0) is 18.2 Å². The van der Waals surface area contributed by atoms with Gasteiger partial charge in [0.25, 0.3) is 5.91 Å². The van der Waals surface area contributed by atoms with Crippen molar-refractivity contribution >= 4 is 5.91 Å². The third-order valence-corrected chi connectivity index (χ3v) is 3.03. The van der Waals surface area contributed by atoms with Gasteiger partial charge in [-0.2, -0.15) is 8.78 Å². The summed E-state index contributed by atoms with van der Waals surface area (Å²) in [7, 11) is 1.34. The Balaban J connectivity index is 2.17. The van der Waals surface area contributed by atoms with Crippen molar-refractivity contribution in [2.24, 2.45) is 0 Å². The van der Waals surface area contributed by atoms with Crippen LogP contribution >= 0.6 is 0 Å². The molecule has 1 aromatic rings. The Morgan fingerprint density at radius 1 is 1.30 bits per heavy atom. The van der Waals surface area contributed by atoms with Gasteiger partial charge in [-0.3, -0.25) is 4.79 Å². The predicted octanol–water partition coefficient (Wildman–Crippen LogP) is 1.34. The number of nitrogens with zero attached hydrogens (tertiary/aromatic N) is 1. The summed E-state index contributed by atoms with van der Waals surface area (Å²) >= 11 is 0. The van der Waals surface area contributed by atoms with Crippen molar-refractivity contribution in [3.05, 3.63) is 23.8 Å². The summed E-state index contributed by atoms with van der Waals surface area (Å²) in [5.74, 6) is -0.112. The Bertz CT molecular complexity index is 477. The van der Waals surface area contributed by atoms with E-state index in [0.29, 0.717) is 18.7 Å². The predicted molar refractivity (Wildman–Crippen MR) is 68.4 cm³/mol. The molecule has 5 nitrogen and oxygen atoms in total. The molecular weight excluding hydrogens is 270 g/mol. The van der Waals surface area contributed by atoms with E-state index < -0.39 is 6.61 Å². The van der Waals surface area contributed by atoms with Crippen LogP contribution in [0.4, 0.5) is 8.78 Å². The topological polar surface area (TPSA) is 50.8 Å². The monoisotopic (exact) mass is 286 g/mol. The van der Waals surface area contributed by atoms with Crippen LogP contribution < -0.4 is 14.8 Å². The van der Waals surface area contributed by atoms with Crippen LogP contribution in [-0.4, -0.2) is 50.7 Å². The van der Waals surface area contributed by atoms with Gasteiger partial charge in [0.15, 0.2) is 11.5 Å². The molecule has 1 aliphatic rings. The zero-order valence-electron chi connectivity index (χ0n) is 11.1. The van der Waals surface area contributed by atoms with E-state index in [0.717, 1.165) is 13.1 Å². The maximum absolute atomic E-state index is 12.3. The molecule has 1 aromatic carbocycles. The van der Waals surface area contributed by atoms with Crippen LogP contribution in [0.5, 0.6) is 11.5 Å². The van der Waals surface area contributed by atoms with Gasteiger partial charge in [-0.1, -0.05) is 0 Å². The van der Waals surface area contributed by atoms with E-state index in [1.54, 1.807) is 4.90 Å². The number of carbonyl (C=O) groups excluding carboxylic acids is 1. The molecule has 1 aliphatic heterocycles. The van der Waals surface area contributed by atoms with Gasteiger partial charge in [0.05, 0.1) is 7.11 Å². The highest BCUT2D eigenvalue weighted by molar-refractivity contribution is 5.95. The molecule has 1 heterocycles. The third-order valence-electron chi connectivity index (χ3n) is 3.03. The van der Waals surface area contributed by atoms with Gasteiger partial charge in [0.2, 0.25) is 0 Å². The van der Waals surface area contributed by atoms with Crippen molar-refractivity contribution in [3.8, 4) is 11.5 Å². The number of nitrogens with one attached hydrogen (secondary N) is 1. The highest BCUT2D eigenvalue weighted by Crippen LogP contribution is 2.29. The van der Waals surface area contributed by atoms with E-state index in [4.69, 9.17) is 4.74 Å². The summed E-state index contributed by atoms with van der Waals surface area (Å²) in [6, 6.07) is 4.20. The molecule has 110 valence electrons. The Labute approximate surface area is 115 Å². The summed E-state index contributed by atoms with van der Waals surface area (Å²) in [5, 5.41) is 3.15. The standard InChI is InChI=1S/C13H16F2N2O3/c1-19-11-8-9(2-3-10(11)20-13(14)15)12(18)17-6-4-16-5-7-17/h2-3,8,13,16H,4-7H2,1H3. The van der Waals surface area contributed by atoms with E-state index >= 15 is 0 Å². The zero-order valence-corrected chi connectivity index (χ0v) is 11.1. The van der Waals surface area contributed by atoms with Crippen molar-refractivity contribution in [1.29, 1.82) is 0 Å². The molecule has 0 bridgehead atoms. The lowest BCUT2D eigenvalue weighted by Crippen LogP contribution is -2.46. The number of alkyl halides is 2. The second-order valence-corrected chi connectivity index (χ2v) is 4.29. The third kappa shape index (κ3) is 3.36. The largest absolute Gasteiger partial charge is 0.493 e. The smallest absolute Gasteiger partial charge is 0.387 e. The molecule has 7 heteroatoms. The van der Waals surface area contributed by atoms with Crippen LogP contribution in [0.3, 0.4) is 0 Å². The minimum Gasteiger partial charge on any atom is -0.493 e. The molecule has 0 saturated carbocycles. The molecule has 0 atom stereocenters. The fraction of sp³-hybridized carbons (Fsp3) is 0.462. The molecule has 1 N–H and O–H groups in total. The molecule has 1 saturated heterocycles. The average Bonchev–Trinajstić information content (AvgIpc) is 2.47. The van der Waals surface area contributed by atoms with Gasteiger partial charge < -0.3 is 19.7 Å². The number of piperazine rings is 1. The van der Waals surface area contributed by atoms with E-state index in [2.05, 4.69) is 10.1 Å². The van der Waals surface area contributed by atoms with E-state index in [1.807, 2.05) is 0 Å². The minimum atomic E-state index is -2.93. The molecule has 0 unspecified atom stereocenters. The van der Waals surface area contributed by atoms with Crippen LogP contribution in [0.25, 0.3) is 0 Å². The number of hydrogen-bond donors (Lipinski definition) is 1. The van der Waals surface area contributed by atoms with Gasteiger partial charge >= 0.3 is 6.61 Å². The van der Waals surface area contributed by atoms with Crippen LogP contribution in [0, 0.1) is 0 Å². The fourth-order valence-corrected chi connectivity index (χ4v) is 2.04. The first-order valence-corrected chi connectivity index (χ1v) is 6.24. The number of benzene rings is 1. The summed E-state index contributed by atoms with van der Waals surface area (Å²) in [6.45, 7) is -0.198. The second kappa shape index (κ2) is 6.51. The van der Waals surface area contributed by atoms with Crippen molar-refractivity contribution in [3.63, 3.8) is 0 Å². The Kier molecular flexibility index (Phi) is 4.73. The average molecular weight is 286 g/mol. The molecule has 0 aliphatic carbocycles. The van der Waals surface area contributed by atoms with Gasteiger partial charge in [-0.15, -0.1) is 0 Å². The quantitative estimate of drug-likeness (QED) is 0.907. The van der Waals surface area contributed by atoms with E-state index in [9.17, 15) is 13.6 Å². The fourth-order valence-electron chi connectivity index (χ4n) is 2.04. The normalized spacial score (nSPS) is 15.3. The molecule has 0 spiro atoms. The summed E-state index contributed by atoms with van der Waals surface area (Å²) < 4.78 is 33.8. The maximum Gasteiger partial charge on any atom is 0.387 e. The first-order chi connectivity index (χ1) is 9.61. The first-order valence-electron chi connectivity index (χ1n) is 6.24. The number of halogens is 2. The van der Waals surface area contributed by atoms with E-state index in [1.165, 1.54) is 25.3 Å². The molecule has 1 amide bonds. The minimum absolute atomic E-state index is 0.0839. The van der Waals surface area contributed by atoms with Crippen molar-refractivity contribution in [2.45, 2.75) is 6.61 Å². The summed E-state index contributed by atoms with van der Waals surface area (Å²) in [4.78, 5) is 14.0. The lowest BCUT2D eigenvalue weighted by molar-refractivity contribution is -0.0512. The van der Waals surface area contributed by atoms with Gasteiger partial charge in [0, 0.05) is 31.7 Å². The second-order valence-electron chi connectivity index (χ2n) is 4.29. The summed E-state index contributed by atoms with van der Waals surface area (Å²) in [6.07, 6.45) is 0. The molecule has 0 aromatic heterocycles. The van der Waals surface area contributed by atoms with Crippen LogP contribution in [0.2, 0.25) is 0 Å². The van der Waals surface area contributed by atoms with Crippen molar-refractivity contribution in [2.75, 3.05) is 33.3 Å². The lowest BCUT2D eigenvalue weighted by atomic mass is 10.1. The molecule has 20 heavy (non-hydrogen) atoms. The Morgan fingerprint density at radius 2 is 2.00 bits per heavy atom. The molecule has 0 radical (unpaired) electrons. The number of carbonyl (C=O) groups is 1. The highest BCUT2D eigenvalue weighted by Gasteiger charge is 2.20. The van der Waals surface area contributed by atoms with Gasteiger partial charge in [0.1, 0.15) is 0 Å². The number of ether oxygens (including phenoxy) is 2. The van der Waals surface area contributed by atoms with Crippen LogP contribution in [0.15, 0.2) is 18.2 Å². The number of rotatable bonds is 4. The molecular formula is C13H16F2N2O3. The molecule has 2 rings (SSSR count). The first kappa shape index (κ1) is 14.5. The lowest BCUT2D eigenvalue weighted by Gasteiger charge is -2.27. The van der Waals surface area contributed by atoms with Gasteiger partial charge in [-0.25, -0.2) is 0 Å². The number of hydrogen-bond acceptors (Lipinski definition) is 4.